The summed E-state index contributed by atoms with van der Waals surface area (Å²) in [6, 6.07) is 11.4. The molecule has 0 aliphatic carbocycles. The molecule has 0 N–H and O–H groups in total. The zero-order valence-electron chi connectivity index (χ0n) is 10.9. The first kappa shape index (κ1) is 12.2. The van der Waals surface area contributed by atoms with Crippen molar-refractivity contribution >= 4 is 5.82 Å². The number of ether oxygens (including phenoxy) is 2. The quantitative estimate of drug-likeness (QED) is 0.791. The zero-order chi connectivity index (χ0) is 13.9. The predicted octanol–water partition coefficient (Wildman–Crippen LogP) is 1.83. The van der Waals surface area contributed by atoms with Crippen molar-refractivity contribution in [3.05, 3.63) is 30.3 Å². The molecular formula is C14H12N4O2. The fourth-order valence-electron chi connectivity index (χ4n) is 1.93. The molecule has 0 amide bonds. The highest BCUT2D eigenvalue weighted by Gasteiger charge is 2.14. The van der Waals surface area contributed by atoms with Gasteiger partial charge in [0.15, 0.2) is 17.3 Å². The second-order valence-electron chi connectivity index (χ2n) is 4.36. The lowest BCUT2D eigenvalue weighted by molar-refractivity contribution is 0.174. The lowest BCUT2D eigenvalue weighted by Crippen LogP contribution is -2.18. The van der Waals surface area contributed by atoms with Crippen molar-refractivity contribution in [1.29, 1.82) is 5.26 Å². The van der Waals surface area contributed by atoms with Crippen molar-refractivity contribution in [2.75, 3.05) is 25.3 Å². The van der Waals surface area contributed by atoms with Crippen LogP contribution in [0.5, 0.6) is 11.5 Å². The van der Waals surface area contributed by atoms with Gasteiger partial charge in [0.05, 0.1) is 11.8 Å². The van der Waals surface area contributed by atoms with Gasteiger partial charge in [0.2, 0.25) is 6.79 Å². The zero-order valence-corrected chi connectivity index (χ0v) is 10.9. The molecule has 20 heavy (non-hydrogen) atoms. The maximum absolute atomic E-state index is 8.65. The number of hydrogen-bond donors (Lipinski definition) is 0. The van der Waals surface area contributed by atoms with Crippen molar-refractivity contribution in [3.63, 3.8) is 0 Å². The van der Waals surface area contributed by atoms with E-state index < -0.39 is 0 Å². The van der Waals surface area contributed by atoms with Crippen molar-refractivity contribution in [2.45, 2.75) is 0 Å². The van der Waals surface area contributed by atoms with Gasteiger partial charge in [0, 0.05) is 12.6 Å². The van der Waals surface area contributed by atoms with E-state index in [9.17, 15) is 0 Å². The minimum Gasteiger partial charge on any atom is -0.454 e. The first-order chi connectivity index (χ1) is 9.78. The van der Waals surface area contributed by atoms with E-state index >= 15 is 0 Å². The van der Waals surface area contributed by atoms with Crippen molar-refractivity contribution in [3.8, 4) is 28.8 Å². The summed E-state index contributed by atoms with van der Waals surface area (Å²) in [6.07, 6.45) is 0. The summed E-state index contributed by atoms with van der Waals surface area (Å²) in [5.41, 5.74) is 1.66. The minimum absolute atomic E-state index is 0.252. The van der Waals surface area contributed by atoms with Gasteiger partial charge < -0.3 is 14.4 Å². The predicted molar refractivity (Wildman–Crippen MR) is 72.5 cm³/mol. The van der Waals surface area contributed by atoms with E-state index in [0.29, 0.717) is 5.82 Å². The second kappa shape index (κ2) is 5.05. The lowest BCUT2D eigenvalue weighted by atomic mass is 10.1. The lowest BCUT2D eigenvalue weighted by Gasteiger charge is -2.13. The fraction of sp³-hybridized carbons (Fsp3) is 0.214. The smallest absolute Gasteiger partial charge is 0.231 e. The van der Waals surface area contributed by atoms with Crippen molar-refractivity contribution in [1.82, 2.24) is 10.2 Å². The van der Waals surface area contributed by atoms with Crippen LogP contribution in [-0.4, -0.2) is 30.6 Å². The topological polar surface area (TPSA) is 71.3 Å². The molecular weight excluding hydrogens is 256 g/mol. The molecule has 0 bridgehead atoms. The fourth-order valence-corrected chi connectivity index (χ4v) is 1.93. The molecule has 1 aromatic carbocycles. The number of benzene rings is 1. The highest BCUT2D eigenvalue weighted by molar-refractivity contribution is 5.64. The van der Waals surface area contributed by atoms with E-state index in [2.05, 4.69) is 16.3 Å². The van der Waals surface area contributed by atoms with E-state index in [1.165, 1.54) is 0 Å². The van der Waals surface area contributed by atoms with Gasteiger partial charge >= 0.3 is 0 Å². The molecule has 0 unspecified atom stereocenters. The standard InChI is InChI=1S/C14H12N4O2/c1-18(7-6-15)14-5-3-11(16-17-14)10-2-4-12-13(8-10)20-9-19-12/h2-5,8H,7,9H2,1H3. The Kier molecular flexibility index (Phi) is 3.09. The molecule has 0 atom stereocenters. The molecule has 0 saturated heterocycles. The van der Waals surface area contributed by atoms with Gasteiger partial charge in [0.1, 0.15) is 6.54 Å². The van der Waals surface area contributed by atoms with Gasteiger partial charge in [-0.2, -0.15) is 5.26 Å². The Bertz CT molecular complexity index is 664. The van der Waals surface area contributed by atoms with Crippen LogP contribution in [0.4, 0.5) is 5.82 Å². The molecule has 6 heteroatoms. The normalized spacial score (nSPS) is 12.0. The van der Waals surface area contributed by atoms with Crippen LogP contribution in [-0.2, 0) is 0 Å². The molecule has 100 valence electrons. The molecule has 6 nitrogen and oxygen atoms in total. The number of nitrogens with zero attached hydrogens (tertiary/aromatic N) is 4. The summed E-state index contributed by atoms with van der Waals surface area (Å²) in [5, 5.41) is 17.0. The Hall–Kier alpha value is -2.81. The molecule has 1 aliphatic heterocycles. The van der Waals surface area contributed by atoms with Crippen LogP contribution in [0.3, 0.4) is 0 Å². The van der Waals surface area contributed by atoms with Crippen LogP contribution in [0.1, 0.15) is 0 Å². The van der Waals surface area contributed by atoms with E-state index in [1.54, 1.807) is 11.9 Å². The van der Waals surface area contributed by atoms with Gasteiger partial charge in [-0.05, 0) is 30.3 Å². The summed E-state index contributed by atoms with van der Waals surface area (Å²) in [7, 11) is 1.80. The minimum atomic E-state index is 0.252. The van der Waals surface area contributed by atoms with E-state index in [-0.39, 0.29) is 13.3 Å². The Morgan fingerprint density at radius 2 is 2.05 bits per heavy atom. The molecule has 0 saturated carbocycles. The van der Waals surface area contributed by atoms with Crippen LogP contribution in [0.25, 0.3) is 11.3 Å². The monoisotopic (exact) mass is 268 g/mol. The van der Waals surface area contributed by atoms with E-state index in [0.717, 1.165) is 22.8 Å². The third-order valence-corrected chi connectivity index (χ3v) is 3.02. The van der Waals surface area contributed by atoms with Crippen LogP contribution in [0.2, 0.25) is 0 Å². The van der Waals surface area contributed by atoms with Gasteiger partial charge in [-0.1, -0.05) is 0 Å². The summed E-state index contributed by atoms with van der Waals surface area (Å²) < 4.78 is 10.6. The van der Waals surface area contributed by atoms with Gasteiger partial charge in [-0.25, -0.2) is 0 Å². The van der Waals surface area contributed by atoms with E-state index in [1.807, 2.05) is 30.3 Å². The first-order valence-corrected chi connectivity index (χ1v) is 6.10. The van der Waals surface area contributed by atoms with Crippen LogP contribution >= 0.6 is 0 Å². The van der Waals surface area contributed by atoms with Gasteiger partial charge in [-0.15, -0.1) is 10.2 Å². The summed E-state index contributed by atoms with van der Waals surface area (Å²) in [6.45, 7) is 0.528. The van der Waals surface area contributed by atoms with Crippen LogP contribution in [0, 0.1) is 11.3 Å². The summed E-state index contributed by atoms with van der Waals surface area (Å²) in [5.74, 6) is 2.12. The Balaban J connectivity index is 1.86. The number of hydrogen-bond acceptors (Lipinski definition) is 6. The van der Waals surface area contributed by atoms with Crippen molar-refractivity contribution < 1.29 is 9.47 Å². The van der Waals surface area contributed by atoms with Gasteiger partial charge in [0.25, 0.3) is 0 Å². The third kappa shape index (κ3) is 2.21. The molecule has 1 aromatic heterocycles. The van der Waals surface area contributed by atoms with Crippen LogP contribution in [0.15, 0.2) is 30.3 Å². The first-order valence-electron chi connectivity index (χ1n) is 6.10. The average molecular weight is 268 g/mol. The number of nitriles is 1. The summed E-state index contributed by atoms with van der Waals surface area (Å²) >= 11 is 0. The highest BCUT2D eigenvalue weighted by Crippen LogP contribution is 2.35. The third-order valence-electron chi connectivity index (χ3n) is 3.02. The van der Waals surface area contributed by atoms with E-state index in [4.69, 9.17) is 14.7 Å². The SMILES string of the molecule is CN(CC#N)c1ccc(-c2ccc3c(c2)OCO3)nn1. The summed E-state index contributed by atoms with van der Waals surface area (Å²) in [4.78, 5) is 1.73. The second-order valence-corrected chi connectivity index (χ2v) is 4.36. The molecule has 1 aliphatic rings. The Labute approximate surface area is 116 Å². The highest BCUT2D eigenvalue weighted by atomic mass is 16.7. The van der Waals surface area contributed by atoms with Gasteiger partial charge in [-0.3, -0.25) is 0 Å². The number of aromatic nitrogens is 2. The Morgan fingerprint density at radius 3 is 2.80 bits per heavy atom. The maximum Gasteiger partial charge on any atom is 0.231 e. The molecule has 2 aromatic rings. The number of anilines is 1. The van der Waals surface area contributed by atoms with Crippen molar-refractivity contribution in [2.24, 2.45) is 0 Å². The number of fused-ring (bicyclic) bond motifs is 1. The largest absolute Gasteiger partial charge is 0.454 e. The molecule has 0 fully saturated rings. The average Bonchev–Trinajstić information content (AvgIpc) is 2.95. The maximum atomic E-state index is 8.65. The molecule has 0 spiro atoms. The molecule has 3 rings (SSSR count). The number of rotatable bonds is 3. The van der Waals surface area contributed by atoms with Crippen LogP contribution < -0.4 is 14.4 Å². The molecule has 2 heterocycles. The molecule has 0 radical (unpaired) electrons. The Morgan fingerprint density at radius 1 is 1.20 bits per heavy atom.